The summed E-state index contributed by atoms with van der Waals surface area (Å²) in [5.74, 6) is 0.0365. The van der Waals surface area contributed by atoms with Gasteiger partial charge < -0.3 is 15.4 Å². The number of piperidine rings is 1. The van der Waals surface area contributed by atoms with Crippen LogP contribution in [0.2, 0.25) is 0 Å². The number of ether oxygens (including phenoxy) is 1. The predicted molar refractivity (Wildman–Crippen MR) is 54.9 cm³/mol. The Kier molecular flexibility index (Phi) is 4.35. The number of amides is 1. The minimum Gasteiger partial charge on any atom is -0.377 e. The molecule has 0 saturated carbocycles. The number of likely N-dealkylation sites (tertiary alicyclic amines) is 1. The second-order valence-corrected chi connectivity index (χ2v) is 3.79. The highest BCUT2D eigenvalue weighted by Crippen LogP contribution is 2.13. The van der Waals surface area contributed by atoms with Gasteiger partial charge in [0.15, 0.2) is 0 Å². The van der Waals surface area contributed by atoms with Gasteiger partial charge in [-0.05, 0) is 26.7 Å². The molecule has 0 aromatic carbocycles. The van der Waals surface area contributed by atoms with Gasteiger partial charge in [0.1, 0.15) is 0 Å². The molecule has 82 valence electrons. The van der Waals surface area contributed by atoms with Crippen LogP contribution >= 0.6 is 0 Å². The second kappa shape index (κ2) is 5.32. The lowest BCUT2D eigenvalue weighted by Gasteiger charge is -2.33. The van der Waals surface area contributed by atoms with Gasteiger partial charge in [0.25, 0.3) is 0 Å². The number of hydrogen-bond acceptors (Lipinski definition) is 3. The van der Waals surface area contributed by atoms with E-state index in [2.05, 4.69) is 0 Å². The molecule has 0 radical (unpaired) electrons. The summed E-state index contributed by atoms with van der Waals surface area (Å²) in [7, 11) is 0. The van der Waals surface area contributed by atoms with E-state index in [0.29, 0.717) is 13.2 Å². The molecule has 14 heavy (non-hydrogen) atoms. The average molecular weight is 200 g/mol. The maximum Gasteiger partial charge on any atom is 0.239 e. The van der Waals surface area contributed by atoms with Crippen molar-refractivity contribution in [1.82, 2.24) is 4.90 Å². The van der Waals surface area contributed by atoms with Gasteiger partial charge >= 0.3 is 0 Å². The molecule has 4 nitrogen and oxygen atoms in total. The lowest BCUT2D eigenvalue weighted by molar-refractivity contribution is -0.136. The molecule has 4 heteroatoms. The Labute approximate surface area is 85.4 Å². The van der Waals surface area contributed by atoms with E-state index in [1.807, 2.05) is 11.8 Å². The fraction of sp³-hybridized carbons (Fsp3) is 0.900. The molecule has 1 fully saturated rings. The summed E-state index contributed by atoms with van der Waals surface area (Å²) in [5.41, 5.74) is 5.55. The van der Waals surface area contributed by atoms with E-state index >= 15 is 0 Å². The van der Waals surface area contributed by atoms with E-state index in [9.17, 15) is 4.79 Å². The summed E-state index contributed by atoms with van der Waals surface area (Å²) in [4.78, 5) is 13.4. The monoisotopic (exact) mass is 200 g/mol. The smallest absolute Gasteiger partial charge is 0.239 e. The first-order valence-electron chi connectivity index (χ1n) is 5.31. The Morgan fingerprint density at radius 1 is 1.71 bits per heavy atom. The number of nitrogens with zero attached hydrogens (tertiary/aromatic N) is 1. The SMILES string of the molecule is CCOC1CCCN(C(=O)[C@H](C)N)C1. The van der Waals surface area contributed by atoms with Gasteiger partial charge in [-0.25, -0.2) is 0 Å². The highest BCUT2D eigenvalue weighted by atomic mass is 16.5. The van der Waals surface area contributed by atoms with Gasteiger partial charge in [-0.15, -0.1) is 0 Å². The molecule has 0 aliphatic carbocycles. The molecule has 1 aliphatic rings. The van der Waals surface area contributed by atoms with Crippen molar-refractivity contribution in [1.29, 1.82) is 0 Å². The van der Waals surface area contributed by atoms with E-state index in [1.165, 1.54) is 0 Å². The lowest BCUT2D eigenvalue weighted by Crippen LogP contribution is -2.48. The second-order valence-electron chi connectivity index (χ2n) is 3.79. The zero-order chi connectivity index (χ0) is 10.6. The Balaban J connectivity index is 2.43. The van der Waals surface area contributed by atoms with Crippen LogP contribution in [0.1, 0.15) is 26.7 Å². The summed E-state index contributed by atoms with van der Waals surface area (Å²) in [6.07, 6.45) is 2.27. The number of carbonyl (C=O) groups is 1. The molecule has 1 heterocycles. The van der Waals surface area contributed by atoms with Gasteiger partial charge in [0.05, 0.1) is 12.1 Å². The molecule has 0 spiro atoms. The summed E-state index contributed by atoms with van der Waals surface area (Å²) < 4.78 is 5.51. The van der Waals surface area contributed by atoms with E-state index in [1.54, 1.807) is 6.92 Å². The van der Waals surface area contributed by atoms with Crippen molar-refractivity contribution in [2.45, 2.75) is 38.8 Å². The maximum atomic E-state index is 11.6. The Hall–Kier alpha value is -0.610. The first kappa shape index (κ1) is 11.5. The van der Waals surface area contributed by atoms with Crippen LogP contribution < -0.4 is 5.73 Å². The zero-order valence-corrected chi connectivity index (χ0v) is 9.03. The molecule has 1 amide bonds. The highest BCUT2D eigenvalue weighted by Gasteiger charge is 2.25. The lowest BCUT2D eigenvalue weighted by atomic mass is 10.1. The van der Waals surface area contributed by atoms with Crippen LogP contribution in [0.5, 0.6) is 0 Å². The van der Waals surface area contributed by atoms with Crippen LogP contribution in [0, 0.1) is 0 Å². The minimum atomic E-state index is -0.393. The summed E-state index contributed by atoms with van der Waals surface area (Å²) in [5, 5.41) is 0. The van der Waals surface area contributed by atoms with Crippen LogP contribution in [0.3, 0.4) is 0 Å². The number of nitrogens with two attached hydrogens (primary N) is 1. The van der Waals surface area contributed by atoms with E-state index < -0.39 is 6.04 Å². The van der Waals surface area contributed by atoms with Gasteiger partial charge in [0.2, 0.25) is 5.91 Å². The van der Waals surface area contributed by atoms with Crippen LogP contribution in [0.15, 0.2) is 0 Å². The summed E-state index contributed by atoms with van der Waals surface area (Å²) in [6, 6.07) is -0.393. The average Bonchev–Trinajstić information content (AvgIpc) is 2.17. The quantitative estimate of drug-likeness (QED) is 0.715. The maximum absolute atomic E-state index is 11.6. The summed E-state index contributed by atoms with van der Waals surface area (Å²) >= 11 is 0. The molecule has 2 atom stereocenters. The van der Waals surface area contributed by atoms with Crippen molar-refractivity contribution in [3.05, 3.63) is 0 Å². The minimum absolute atomic E-state index is 0.0365. The fourth-order valence-corrected chi connectivity index (χ4v) is 1.80. The Morgan fingerprint density at radius 3 is 3.00 bits per heavy atom. The number of carbonyl (C=O) groups excluding carboxylic acids is 1. The molecule has 0 bridgehead atoms. The zero-order valence-electron chi connectivity index (χ0n) is 9.03. The van der Waals surface area contributed by atoms with Gasteiger partial charge in [-0.3, -0.25) is 4.79 Å². The molecule has 2 N–H and O–H groups in total. The molecule has 0 aromatic rings. The largest absolute Gasteiger partial charge is 0.377 e. The standard InChI is InChI=1S/C10H20N2O2/c1-3-14-9-5-4-6-12(7-9)10(13)8(2)11/h8-9H,3-7,11H2,1-2H3/t8-,9?/m0/s1. The predicted octanol–water partition coefficient (Wildman–Crippen LogP) is 0.361. The molecule has 0 aromatic heterocycles. The van der Waals surface area contributed by atoms with Crippen LogP contribution in [0.25, 0.3) is 0 Å². The third-order valence-corrected chi connectivity index (χ3v) is 2.48. The fourth-order valence-electron chi connectivity index (χ4n) is 1.80. The van der Waals surface area contributed by atoms with E-state index in [0.717, 1.165) is 19.4 Å². The van der Waals surface area contributed by atoms with Crippen molar-refractivity contribution < 1.29 is 9.53 Å². The number of rotatable bonds is 3. The van der Waals surface area contributed by atoms with Crippen molar-refractivity contribution in [3.8, 4) is 0 Å². The Morgan fingerprint density at radius 2 is 2.43 bits per heavy atom. The van der Waals surface area contributed by atoms with Crippen molar-refractivity contribution >= 4 is 5.91 Å². The van der Waals surface area contributed by atoms with Crippen LogP contribution in [-0.2, 0) is 9.53 Å². The van der Waals surface area contributed by atoms with Crippen molar-refractivity contribution in [2.24, 2.45) is 5.73 Å². The third-order valence-electron chi connectivity index (χ3n) is 2.48. The highest BCUT2D eigenvalue weighted by molar-refractivity contribution is 5.81. The van der Waals surface area contributed by atoms with Gasteiger partial charge in [-0.1, -0.05) is 0 Å². The van der Waals surface area contributed by atoms with Gasteiger partial charge in [0, 0.05) is 19.7 Å². The normalized spacial score (nSPS) is 24.8. The summed E-state index contributed by atoms with van der Waals surface area (Å²) in [6.45, 7) is 5.95. The first-order valence-corrected chi connectivity index (χ1v) is 5.31. The molecule has 1 unspecified atom stereocenters. The number of hydrogen-bond donors (Lipinski definition) is 1. The topological polar surface area (TPSA) is 55.6 Å². The first-order chi connectivity index (χ1) is 6.65. The Bertz CT molecular complexity index is 193. The third kappa shape index (κ3) is 2.96. The van der Waals surface area contributed by atoms with Gasteiger partial charge in [-0.2, -0.15) is 0 Å². The van der Waals surface area contributed by atoms with E-state index in [4.69, 9.17) is 10.5 Å². The van der Waals surface area contributed by atoms with Crippen LogP contribution in [-0.4, -0.2) is 42.6 Å². The molecular weight excluding hydrogens is 180 g/mol. The van der Waals surface area contributed by atoms with Crippen molar-refractivity contribution in [3.63, 3.8) is 0 Å². The molecular formula is C10H20N2O2. The van der Waals surface area contributed by atoms with E-state index in [-0.39, 0.29) is 12.0 Å². The molecule has 1 aliphatic heterocycles. The molecule has 1 saturated heterocycles. The van der Waals surface area contributed by atoms with Crippen molar-refractivity contribution in [2.75, 3.05) is 19.7 Å². The molecule has 1 rings (SSSR count). The van der Waals surface area contributed by atoms with Crippen LogP contribution in [0.4, 0.5) is 0 Å².